The van der Waals surface area contributed by atoms with Gasteiger partial charge in [-0.25, -0.2) is 22.7 Å². The molecule has 3 aromatic heterocycles. The summed E-state index contributed by atoms with van der Waals surface area (Å²) in [7, 11) is -8.23. The van der Waals surface area contributed by atoms with Crippen molar-refractivity contribution in [2.45, 2.75) is 16.6 Å². The summed E-state index contributed by atoms with van der Waals surface area (Å²) in [6.07, 6.45) is 2.31. The Kier molecular flexibility index (Phi) is 6.72. The minimum atomic E-state index is -6.09. The molecule has 0 fully saturated rings. The lowest BCUT2D eigenvalue weighted by atomic mass is 10.3. The normalized spacial score (nSPS) is 12.9. The van der Waals surface area contributed by atoms with E-state index in [1.165, 1.54) is 24.7 Å². The maximum absolute atomic E-state index is 12.6. The first-order valence-corrected chi connectivity index (χ1v) is 10.7. The van der Waals surface area contributed by atoms with Crippen molar-refractivity contribution in [1.29, 1.82) is 0 Å². The Morgan fingerprint density at radius 3 is 2.00 bits per heavy atom. The van der Waals surface area contributed by atoms with Crippen molar-refractivity contribution >= 4 is 20.1 Å². The van der Waals surface area contributed by atoms with E-state index in [0.29, 0.717) is 6.20 Å². The molecule has 32 heavy (non-hydrogen) atoms. The first-order valence-electron chi connectivity index (χ1n) is 7.82. The van der Waals surface area contributed by atoms with E-state index in [9.17, 15) is 34.8 Å². The summed E-state index contributed by atoms with van der Waals surface area (Å²) in [4.78, 5) is 3.78. The molecule has 0 aliphatic heterocycles. The molecule has 0 saturated carbocycles. The molecule has 3 rings (SSSR count). The Morgan fingerprint density at radius 2 is 1.62 bits per heavy atom. The number of rotatable bonds is 3. The predicted molar refractivity (Wildman–Crippen MR) is 90.3 cm³/mol. The van der Waals surface area contributed by atoms with Crippen LogP contribution in [-0.2, 0) is 33.4 Å². The van der Waals surface area contributed by atoms with Gasteiger partial charge in [0, 0.05) is 6.20 Å². The quantitative estimate of drug-likeness (QED) is 0.225. The highest BCUT2D eigenvalue weighted by molar-refractivity contribution is 7.90. The lowest BCUT2D eigenvalue weighted by Gasteiger charge is -2.08. The van der Waals surface area contributed by atoms with Gasteiger partial charge in [-0.1, -0.05) is 0 Å². The molecule has 176 valence electrons. The van der Waals surface area contributed by atoms with Gasteiger partial charge in [0.2, 0.25) is 0 Å². The van der Waals surface area contributed by atoms with Crippen molar-refractivity contribution in [3.63, 3.8) is 0 Å². The van der Waals surface area contributed by atoms with Crippen molar-refractivity contribution in [3.8, 4) is 5.82 Å². The Morgan fingerprint density at radius 1 is 1.03 bits per heavy atom. The van der Waals surface area contributed by atoms with Gasteiger partial charge in [-0.3, -0.25) is 0 Å². The molecule has 10 nitrogen and oxygen atoms in total. The van der Waals surface area contributed by atoms with Crippen LogP contribution in [0.3, 0.4) is 0 Å². The number of pyridine rings is 1. The van der Waals surface area contributed by atoms with Gasteiger partial charge in [0.25, 0.3) is 6.33 Å². The SMILES string of the molecule is C[n+]1ccn(S(=O)(=O)c2ccc(-n3cc(C(F)(F)F)cn3)nc2)c1.O=S(=O)([O-])C(F)(F)F. The van der Waals surface area contributed by atoms with E-state index in [4.69, 9.17) is 13.0 Å². The van der Waals surface area contributed by atoms with Gasteiger partial charge in [0.15, 0.2) is 15.9 Å². The van der Waals surface area contributed by atoms with Crippen LogP contribution in [0, 0.1) is 0 Å². The van der Waals surface area contributed by atoms with Gasteiger partial charge in [-0.15, -0.1) is 3.97 Å². The molecule has 0 amide bonds. The third kappa shape index (κ3) is 5.82. The number of imidazole rings is 1. The lowest BCUT2D eigenvalue weighted by molar-refractivity contribution is -0.670. The fourth-order valence-electron chi connectivity index (χ4n) is 1.95. The largest absolute Gasteiger partial charge is 0.741 e. The summed E-state index contributed by atoms with van der Waals surface area (Å²) in [5.74, 6) is 0.0718. The Balaban J connectivity index is 0.000000390. The zero-order valence-corrected chi connectivity index (χ0v) is 17.1. The maximum Gasteiger partial charge on any atom is 0.485 e. The van der Waals surface area contributed by atoms with Gasteiger partial charge < -0.3 is 4.55 Å². The summed E-state index contributed by atoms with van der Waals surface area (Å²) in [5, 5.41) is 3.58. The summed E-state index contributed by atoms with van der Waals surface area (Å²) in [6, 6.07) is 2.54. The highest BCUT2D eigenvalue weighted by Crippen LogP contribution is 2.29. The molecule has 0 aromatic carbocycles. The van der Waals surface area contributed by atoms with Gasteiger partial charge in [-0.2, -0.15) is 39.9 Å². The maximum atomic E-state index is 12.6. The number of aromatic nitrogens is 5. The molecule has 0 unspecified atom stereocenters. The van der Waals surface area contributed by atoms with E-state index in [1.54, 1.807) is 17.8 Å². The molecule has 0 spiro atoms. The van der Waals surface area contributed by atoms with Crippen molar-refractivity contribution < 1.29 is 52.3 Å². The number of hydrogen-bond donors (Lipinski definition) is 0. The van der Waals surface area contributed by atoms with Gasteiger partial charge in [-0.05, 0) is 12.1 Å². The first-order chi connectivity index (χ1) is 14.4. The number of alkyl halides is 6. The van der Waals surface area contributed by atoms with Gasteiger partial charge in [0.1, 0.15) is 17.3 Å². The van der Waals surface area contributed by atoms with Crippen LogP contribution in [0.4, 0.5) is 26.3 Å². The van der Waals surface area contributed by atoms with Crippen LogP contribution >= 0.6 is 0 Å². The number of aryl methyl sites for hydroxylation is 1. The second-order valence-corrected chi connectivity index (χ2v) is 9.05. The average Bonchev–Trinajstić information content (AvgIpc) is 3.30. The number of nitrogens with zero attached hydrogens (tertiary/aromatic N) is 5. The number of halogens is 6. The van der Waals surface area contributed by atoms with Crippen LogP contribution in [-0.4, -0.2) is 45.6 Å². The average molecular weight is 507 g/mol. The van der Waals surface area contributed by atoms with E-state index >= 15 is 0 Å². The van der Waals surface area contributed by atoms with Crippen LogP contribution < -0.4 is 4.57 Å². The Labute approximate surface area is 176 Å². The molecule has 0 aliphatic carbocycles. The summed E-state index contributed by atoms with van der Waals surface area (Å²) in [5.41, 5.74) is -6.56. The minimum absolute atomic E-state index is 0.0718. The second kappa shape index (κ2) is 8.51. The monoisotopic (exact) mass is 507 g/mol. The molecule has 0 saturated heterocycles. The second-order valence-electron chi connectivity index (χ2n) is 5.84. The molecule has 0 N–H and O–H groups in total. The highest BCUT2D eigenvalue weighted by Gasteiger charge is 2.37. The van der Waals surface area contributed by atoms with Crippen LogP contribution in [0.25, 0.3) is 5.82 Å². The summed E-state index contributed by atoms with van der Waals surface area (Å²) >= 11 is 0. The van der Waals surface area contributed by atoms with Crippen molar-refractivity contribution in [2.75, 3.05) is 0 Å². The highest BCUT2D eigenvalue weighted by atomic mass is 32.2. The van der Waals surface area contributed by atoms with Crippen LogP contribution in [0.2, 0.25) is 0 Å². The molecule has 3 heterocycles. The molecule has 0 atom stereocenters. The van der Waals surface area contributed by atoms with Crippen molar-refractivity contribution in [1.82, 2.24) is 18.7 Å². The van der Waals surface area contributed by atoms with E-state index in [0.717, 1.165) is 21.0 Å². The molecule has 0 aliphatic rings. The fraction of sp³-hybridized carbons (Fsp3) is 0.214. The smallest absolute Gasteiger partial charge is 0.485 e. The summed E-state index contributed by atoms with van der Waals surface area (Å²) < 4.78 is 125. The Bertz CT molecular complexity index is 1290. The standard InChI is InChI=1S/C13H11F3N5O2S.CHF3O3S/c1-19-4-5-20(9-19)24(22,23)11-2-3-12(17-7-11)21-8-10(6-18-21)13(14,15)16;2-1(3,4)8(5,6)7/h2-9H,1H3;(H,5,6,7)/q+1;/p-1. The third-order valence-electron chi connectivity index (χ3n) is 3.47. The van der Waals surface area contributed by atoms with Crippen LogP contribution in [0.15, 0.2) is 54.3 Å². The first kappa shape index (κ1) is 25.3. The van der Waals surface area contributed by atoms with E-state index in [1.807, 2.05) is 0 Å². The van der Waals surface area contributed by atoms with Crippen molar-refractivity contribution in [3.05, 3.63) is 55.0 Å². The third-order valence-corrected chi connectivity index (χ3v) is 5.64. The molecular weight excluding hydrogens is 496 g/mol. The molecule has 18 heteroatoms. The topological polar surface area (TPSA) is 131 Å². The molecule has 0 radical (unpaired) electrons. The zero-order chi connectivity index (χ0) is 24.5. The molecule has 3 aromatic rings. The van der Waals surface area contributed by atoms with Crippen molar-refractivity contribution in [2.24, 2.45) is 7.05 Å². The van der Waals surface area contributed by atoms with E-state index in [2.05, 4.69) is 10.1 Å². The summed E-state index contributed by atoms with van der Waals surface area (Å²) in [6.45, 7) is 0. The van der Waals surface area contributed by atoms with E-state index < -0.39 is 37.4 Å². The van der Waals surface area contributed by atoms with Gasteiger partial charge >= 0.3 is 21.7 Å². The predicted octanol–water partition coefficient (Wildman–Crippen LogP) is 1.20. The molecular formula is C14H11F6N5O5S2. The minimum Gasteiger partial charge on any atom is -0.741 e. The zero-order valence-electron chi connectivity index (χ0n) is 15.5. The number of hydrogen-bond acceptors (Lipinski definition) is 7. The van der Waals surface area contributed by atoms with Gasteiger partial charge in [0.05, 0.1) is 25.0 Å². The fourth-order valence-corrected chi connectivity index (χ4v) is 3.10. The van der Waals surface area contributed by atoms with Crippen LogP contribution in [0.5, 0.6) is 0 Å². The lowest BCUT2D eigenvalue weighted by Crippen LogP contribution is -2.25. The van der Waals surface area contributed by atoms with E-state index in [-0.39, 0.29) is 10.7 Å². The molecule has 0 bridgehead atoms. The van der Waals surface area contributed by atoms with Crippen LogP contribution in [0.1, 0.15) is 5.56 Å². The Hall–Kier alpha value is -2.99.